The first-order valence-electron chi connectivity index (χ1n) is 4.88. The second kappa shape index (κ2) is 3.87. The van der Waals surface area contributed by atoms with Crippen LogP contribution in [0.3, 0.4) is 0 Å². The minimum absolute atomic E-state index is 0.109. The smallest absolute Gasteiger partial charge is 0.176 e. The first-order valence-corrected chi connectivity index (χ1v) is 4.88. The van der Waals surface area contributed by atoms with Gasteiger partial charge in [0, 0.05) is 10.9 Å². The van der Waals surface area contributed by atoms with Gasteiger partial charge >= 0.3 is 0 Å². The van der Waals surface area contributed by atoms with Crippen molar-refractivity contribution in [3.63, 3.8) is 0 Å². The molecule has 78 valence electrons. The molecular formula is C12H13NO2. The Hall–Kier alpha value is -1.61. The number of fused-ring (bicyclic) bond motifs is 1. The van der Waals surface area contributed by atoms with Crippen molar-refractivity contribution in [3.8, 4) is 0 Å². The van der Waals surface area contributed by atoms with Crippen molar-refractivity contribution in [2.24, 2.45) is 0 Å². The Kier molecular flexibility index (Phi) is 2.56. The lowest BCUT2D eigenvalue weighted by Gasteiger charge is -2.04. The zero-order chi connectivity index (χ0) is 10.8. The zero-order valence-corrected chi connectivity index (χ0v) is 8.83. The highest BCUT2D eigenvalue weighted by Crippen LogP contribution is 2.20. The lowest BCUT2D eigenvalue weighted by molar-refractivity contribution is 0.0993. The van der Waals surface area contributed by atoms with E-state index in [0.717, 1.165) is 22.1 Å². The van der Waals surface area contributed by atoms with E-state index >= 15 is 0 Å². The van der Waals surface area contributed by atoms with Crippen LogP contribution in [0.15, 0.2) is 28.9 Å². The summed E-state index contributed by atoms with van der Waals surface area (Å²) in [4.78, 5) is 11.7. The Morgan fingerprint density at radius 1 is 1.47 bits per heavy atom. The van der Waals surface area contributed by atoms with Crippen LogP contribution in [0.1, 0.15) is 15.9 Å². The van der Waals surface area contributed by atoms with Gasteiger partial charge in [-0.25, -0.2) is 0 Å². The van der Waals surface area contributed by atoms with Crippen LogP contribution >= 0.6 is 0 Å². The molecule has 0 saturated heterocycles. The van der Waals surface area contributed by atoms with Crippen molar-refractivity contribution in [2.75, 3.05) is 13.6 Å². The van der Waals surface area contributed by atoms with E-state index in [2.05, 4.69) is 5.32 Å². The Balaban J connectivity index is 2.50. The molecule has 0 unspecified atom stereocenters. The number of Topliss-reactive ketones (excluding diaryl/α,β-unsaturated/α-hetero) is 1. The number of likely N-dealkylation sites (N-methyl/N-ethyl adjacent to an activating group) is 1. The standard InChI is InChI=1S/C12H13NO2/c1-8-5-12-9(3-4-15-12)6-10(8)11(14)7-13-2/h3-6,13H,7H2,1-2H3. The summed E-state index contributed by atoms with van der Waals surface area (Å²) in [5.41, 5.74) is 2.55. The van der Waals surface area contributed by atoms with E-state index in [1.54, 1.807) is 13.3 Å². The van der Waals surface area contributed by atoms with Gasteiger partial charge < -0.3 is 9.73 Å². The van der Waals surface area contributed by atoms with Crippen LogP contribution in [0, 0.1) is 6.92 Å². The number of aryl methyl sites for hydroxylation is 1. The third-order valence-corrected chi connectivity index (χ3v) is 2.44. The minimum Gasteiger partial charge on any atom is -0.464 e. The number of rotatable bonds is 3. The molecule has 0 saturated carbocycles. The topological polar surface area (TPSA) is 42.2 Å². The maximum atomic E-state index is 11.7. The third kappa shape index (κ3) is 1.78. The molecule has 3 heteroatoms. The maximum absolute atomic E-state index is 11.7. The fourth-order valence-electron chi connectivity index (χ4n) is 1.67. The summed E-state index contributed by atoms with van der Waals surface area (Å²) in [6, 6.07) is 5.65. The first-order chi connectivity index (χ1) is 7.22. The molecule has 2 rings (SSSR count). The van der Waals surface area contributed by atoms with Crippen molar-refractivity contribution in [1.29, 1.82) is 0 Å². The van der Waals surface area contributed by atoms with Crippen LogP contribution in [0.2, 0.25) is 0 Å². The number of benzene rings is 1. The molecule has 0 amide bonds. The van der Waals surface area contributed by atoms with E-state index in [-0.39, 0.29) is 5.78 Å². The second-order valence-electron chi connectivity index (χ2n) is 3.58. The van der Waals surface area contributed by atoms with Crippen molar-refractivity contribution in [1.82, 2.24) is 5.32 Å². The summed E-state index contributed by atoms with van der Waals surface area (Å²) in [5, 5.41) is 3.83. The van der Waals surface area contributed by atoms with Gasteiger partial charge in [-0.3, -0.25) is 4.79 Å². The molecule has 0 aliphatic rings. The molecule has 0 fully saturated rings. The molecule has 1 heterocycles. The molecule has 0 radical (unpaired) electrons. The number of nitrogens with one attached hydrogen (secondary N) is 1. The van der Waals surface area contributed by atoms with Crippen molar-refractivity contribution >= 4 is 16.8 Å². The molecule has 1 aromatic carbocycles. The summed E-state index contributed by atoms with van der Waals surface area (Å²) >= 11 is 0. The van der Waals surface area contributed by atoms with Crippen LogP contribution in [-0.4, -0.2) is 19.4 Å². The predicted molar refractivity (Wildman–Crippen MR) is 59.2 cm³/mol. The fourth-order valence-corrected chi connectivity index (χ4v) is 1.67. The van der Waals surface area contributed by atoms with Gasteiger partial charge in [0.05, 0.1) is 12.8 Å². The van der Waals surface area contributed by atoms with E-state index in [1.807, 2.05) is 25.1 Å². The zero-order valence-electron chi connectivity index (χ0n) is 8.83. The Labute approximate surface area is 88.1 Å². The largest absolute Gasteiger partial charge is 0.464 e. The van der Waals surface area contributed by atoms with E-state index in [4.69, 9.17) is 4.42 Å². The van der Waals surface area contributed by atoms with Crippen molar-refractivity contribution in [3.05, 3.63) is 35.6 Å². The normalized spacial score (nSPS) is 10.8. The van der Waals surface area contributed by atoms with Crippen LogP contribution < -0.4 is 5.32 Å². The van der Waals surface area contributed by atoms with Crippen LogP contribution in [0.5, 0.6) is 0 Å². The van der Waals surface area contributed by atoms with Gasteiger partial charge in [-0.15, -0.1) is 0 Å². The number of furan rings is 1. The summed E-state index contributed by atoms with van der Waals surface area (Å²) in [7, 11) is 1.77. The van der Waals surface area contributed by atoms with E-state index in [1.165, 1.54) is 0 Å². The van der Waals surface area contributed by atoms with Gasteiger partial charge in [0.25, 0.3) is 0 Å². The summed E-state index contributed by atoms with van der Waals surface area (Å²) in [6.45, 7) is 2.29. The van der Waals surface area contributed by atoms with Crippen LogP contribution in [-0.2, 0) is 0 Å². The molecule has 2 aromatic rings. The average molecular weight is 203 g/mol. The van der Waals surface area contributed by atoms with Gasteiger partial charge in [0.2, 0.25) is 0 Å². The second-order valence-corrected chi connectivity index (χ2v) is 3.58. The van der Waals surface area contributed by atoms with Gasteiger partial charge in [-0.1, -0.05) is 0 Å². The lowest BCUT2D eigenvalue weighted by Crippen LogP contribution is -2.19. The molecule has 0 aliphatic heterocycles. The maximum Gasteiger partial charge on any atom is 0.176 e. The molecule has 3 nitrogen and oxygen atoms in total. The van der Waals surface area contributed by atoms with Gasteiger partial charge in [-0.05, 0) is 37.7 Å². The fraction of sp³-hybridized carbons (Fsp3) is 0.250. The molecular weight excluding hydrogens is 190 g/mol. The Morgan fingerprint density at radius 2 is 2.27 bits per heavy atom. The number of ketones is 1. The third-order valence-electron chi connectivity index (χ3n) is 2.44. The monoisotopic (exact) mass is 203 g/mol. The van der Waals surface area contributed by atoms with E-state index in [0.29, 0.717) is 6.54 Å². The molecule has 0 atom stereocenters. The SMILES string of the molecule is CNCC(=O)c1cc2ccoc2cc1C. The molecule has 0 aliphatic carbocycles. The highest BCUT2D eigenvalue weighted by Gasteiger charge is 2.10. The van der Waals surface area contributed by atoms with Crippen molar-refractivity contribution < 1.29 is 9.21 Å². The van der Waals surface area contributed by atoms with Crippen LogP contribution in [0.4, 0.5) is 0 Å². The average Bonchev–Trinajstić information content (AvgIpc) is 2.63. The Morgan fingerprint density at radius 3 is 3.00 bits per heavy atom. The summed E-state index contributed by atoms with van der Waals surface area (Å²) < 4.78 is 5.27. The summed E-state index contributed by atoms with van der Waals surface area (Å²) in [6.07, 6.45) is 1.64. The molecule has 1 aromatic heterocycles. The Bertz CT molecular complexity index is 499. The van der Waals surface area contributed by atoms with Gasteiger partial charge in [-0.2, -0.15) is 0 Å². The highest BCUT2D eigenvalue weighted by molar-refractivity contribution is 6.01. The summed E-state index contributed by atoms with van der Waals surface area (Å²) in [5.74, 6) is 0.109. The lowest BCUT2D eigenvalue weighted by atomic mass is 10.0. The van der Waals surface area contributed by atoms with Gasteiger partial charge in [0.1, 0.15) is 5.58 Å². The first kappa shape index (κ1) is 9.93. The number of hydrogen-bond acceptors (Lipinski definition) is 3. The molecule has 1 N–H and O–H groups in total. The number of carbonyl (C=O) groups is 1. The van der Waals surface area contributed by atoms with E-state index in [9.17, 15) is 4.79 Å². The van der Waals surface area contributed by atoms with Crippen molar-refractivity contribution in [2.45, 2.75) is 6.92 Å². The van der Waals surface area contributed by atoms with Gasteiger partial charge in [0.15, 0.2) is 5.78 Å². The van der Waals surface area contributed by atoms with E-state index < -0.39 is 0 Å². The minimum atomic E-state index is 0.109. The molecule has 0 spiro atoms. The number of carbonyl (C=O) groups excluding carboxylic acids is 1. The molecule has 0 bridgehead atoms. The number of hydrogen-bond donors (Lipinski definition) is 1. The van der Waals surface area contributed by atoms with Crippen LogP contribution in [0.25, 0.3) is 11.0 Å². The molecule has 15 heavy (non-hydrogen) atoms. The quantitative estimate of drug-likeness (QED) is 0.777. The highest BCUT2D eigenvalue weighted by atomic mass is 16.3. The predicted octanol–water partition coefficient (Wildman–Crippen LogP) is 2.14.